The molecule has 39 heavy (non-hydrogen) atoms. The number of fused-ring (bicyclic) bond motifs is 3. The molecular weight excluding hydrogens is 500 g/mol. The number of tetrazole rings is 1. The predicted molar refractivity (Wildman–Crippen MR) is 143 cm³/mol. The fraction of sp³-hybridized carbons (Fsp3) is 0.214. The number of hydrogen-bond acceptors (Lipinski definition) is 8. The number of aromatic nitrogens is 5. The Morgan fingerprint density at radius 2 is 1.72 bits per heavy atom. The molecule has 0 fully saturated rings. The Bertz CT molecular complexity index is 1640. The van der Waals surface area contributed by atoms with Crippen LogP contribution in [0, 0.1) is 0 Å². The maximum atomic E-state index is 12.8. The Labute approximate surface area is 223 Å². The Hall–Kier alpha value is -5.06. The van der Waals surface area contributed by atoms with E-state index in [1.54, 1.807) is 12.1 Å². The van der Waals surface area contributed by atoms with E-state index in [0.29, 0.717) is 17.9 Å². The molecule has 2 heterocycles. The summed E-state index contributed by atoms with van der Waals surface area (Å²) in [6, 6.07) is 20.5. The van der Waals surface area contributed by atoms with Crippen LogP contribution in [0.1, 0.15) is 28.8 Å². The lowest BCUT2D eigenvalue weighted by atomic mass is 10.1. The molecule has 0 saturated heterocycles. The van der Waals surface area contributed by atoms with Crippen molar-refractivity contribution in [2.24, 2.45) is 0 Å². The summed E-state index contributed by atoms with van der Waals surface area (Å²) in [5, 5.41) is 19.2. The topological polar surface area (TPSA) is 141 Å². The highest BCUT2D eigenvalue weighted by molar-refractivity contribution is 6.09. The lowest BCUT2D eigenvalue weighted by molar-refractivity contribution is -0.144. The number of H-pyrrole nitrogens is 1. The predicted octanol–water partition coefficient (Wildman–Crippen LogP) is 3.25. The average molecular weight is 527 g/mol. The van der Waals surface area contributed by atoms with Crippen LogP contribution >= 0.6 is 0 Å². The van der Waals surface area contributed by atoms with Crippen LogP contribution in [0.3, 0.4) is 0 Å². The number of esters is 2. The Morgan fingerprint density at radius 1 is 0.949 bits per heavy atom. The highest BCUT2D eigenvalue weighted by Gasteiger charge is 2.23. The minimum atomic E-state index is -0.962. The van der Waals surface area contributed by atoms with Crippen LogP contribution in [0.25, 0.3) is 33.2 Å². The first-order valence-electron chi connectivity index (χ1n) is 12.3. The van der Waals surface area contributed by atoms with E-state index in [2.05, 4.69) is 53.4 Å². The van der Waals surface area contributed by atoms with Crippen molar-refractivity contribution in [2.45, 2.75) is 25.4 Å². The highest BCUT2D eigenvalue weighted by atomic mass is 16.5. The Morgan fingerprint density at radius 3 is 2.44 bits per heavy atom. The number of para-hydroxylation sites is 1. The fourth-order valence-corrected chi connectivity index (χ4v) is 4.59. The molecule has 1 unspecified atom stereocenters. The molecule has 0 bridgehead atoms. The van der Waals surface area contributed by atoms with Gasteiger partial charge in [0, 0.05) is 45.9 Å². The molecular formula is C28H26N6O5. The van der Waals surface area contributed by atoms with Gasteiger partial charge in [0.05, 0.1) is 14.2 Å². The van der Waals surface area contributed by atoms with Gasteiger partial charge in [-0.1, -0.05) is 30.3 Å². The van der Waals surface area contributed by atoms with E-state index in [9.17, 15) is 14.4 Å². The first-order valence-corrected chi connectivity index (χ1v) is 12.3. The molecule has 198 valence electrons. The maximum absolute atomic E-state index is 12.8. The standard InChI is InChI=1S/C28H26N6O5/c1-38-25(35)14-12-22(28(37)39-2)29-27(36)18-9-7-17(8-10-18)16-34-23-6-4-3-5-20(23)21-15-19(11-13-24(21)34)26-30-32-33-31-26/h3-11,13,15,22H,12,14,16H2,1-2H3,(H,29,36)(H,30,31,32,33). The molecule has 0 aliphatic heterocycles. The van der Waals surface area contributed by atoms with Crippen LogP contribution < -0.4 is 5.32 Å². The van der Waals surface area contributed by atoms with E-state index in [1.165, 1.54) is 14.2 Å². The Kier molecular flexibility index (Phi) is 7.30. The third-order valence-corrected chi connectivity index (χ3v) is 6.59. The number of nitrogens with one attached hydrogen (secondary N) is 2. The number of amides is 1. The zero-order valence-corrected chi connectivity index (χ0v) is 21.4. The summed E-state index contributed by atoms with van der Waals surface area (Å²) in [5.74, 6) is -1.01. The molecule has 0 saturated carbocycles. The zero-order valence-electron chi connectivity index (χ0n) is 21.4. The average Bonchev–Trinajstić information content (AvgIpc) is 3.62. The second kappa shape index (κ2) is 11.1. The summed E-state index contributed by atoms with van der Waals surface area (Å²) in [5.41, 5.74) is 4.37. The molecule has 2 N–H and O–H groups in total. The molecule has 11 nitrogen and oxygen atoms in total. The van der Waals surface area contributed by atoms with E-state index in [0.717, 1.165) is 32.9 Å². The van der Waals surface area contributed by atoms with Crippen molar-refractivity contribution in [1.82, 2.24) is 30.5 Å². The van der Waals surface area contributed by atoms with E-state index < -0.39 is 23.9 Å². The van der Waals surface area contributed by atoms with Crippen LogP contribution in [-0.2, 0) is 25.6 Å². The quantitative estimate of drug-likeness (QED) is 0.279. The van der Waals surface area contributed by atoms with Gasteiger partial charge in [0.25, 0.3) is 5.91 Å². The van der Waals surface area contributed by atoms with Gasteiger partial charge in [-0.2, -0.15) is 5.21 Å². The van der Waals surface area contributed by atoms with Crippen LogP contribution in [-0.4, -0.2) is 63.3 Å². The van der Waals surface area contributed by atoms with Gasteiger partial charge < -0.3 is 19.4 Å². The molecule has 5 rings (SSSR count). The molecule has 1 atom stereocenters. The van der Waals surface area contributed by atoms with Crippen molar-refractivity contribution >= 4 is 39.7 Å². The van der Waals surface area contributed by atoms with E-state index in [4.69, 9.17) is 4.74 Å². The third-order valence-electron chi connectivity index (χ3n) is 6.59. The van der Waals surface area contributed by atoms with Gasteiger partial charge in [-0.25, -0.2) is 4.79 Å². The molecule has 0 spiro atoms. The number of aromatic amines is 1. The number of hydrogen-bond donors (Lipinski definition) is 2. The molecule has 5 aromatic rings. The first kappa shape index (κ1) is 25.6. The third kappa shape index (κ3) is 5.33. The minimum absolute atomic E-state index is 0.0230. The monoisotopic (exact) mass is 526 g/mol. The molecule has 0 aliphatic rings. The molecule has 11 heteroatoms. The van der Waals surface area contributed by atoms with Crippen LogP contribution in [0.5, 0.6) is 0 Å². The van der Waals surface area contributed by atoms with Crippen molar-refractivity contribution in [2.75, 3.05) is 14.2 Å². The summed E-state index contributed by atoms with van der Waals surface area (Å²) in [6.07, 6.45) is 0.0518. The molecule has 1 amide bonds. The van der Waals surface area contributed by atoms with Gasteiger partial charge in [0.15, 0.2) is 0 Å². The minimum Gasteiger partial charge on any atom is -0.469 e. The van der Waals surface area contributed by atoms with Crippen LogP contribution in [0.15, 0.2) is 66.7 Å². The number of carbonyl (C=O) groups excluding carboxylic acids is 3. The van der Waals surface area contributed by atoms with Crippen LogP contribution in [0.4, 0.5) is 0 Å². The second-order valence-corrected chi connectivity index (χ2v) is 8.93. The van der Waals surface area contributed by atoms with Gasteiger partial charge in [-0.05, 0) is 53.6 Å². The van der Waals surface area contributed by atoms with Crippen molar-refractivity contribution in [1.29, 1.82) is 0 Å². The maximum Gasteiger partial charge on any atom is 0.328 e. The van der Waals surface area contributed by atoms with Gasteiger partial charge >= 0.3 is 11.9 Å². The van der Waals surface area contributed by atoms with Gasteiger partial charge in [0.2, 0.25) is 5.82 Å². The molecule has 2 aromatic heterocycles. The lowest BCUT2D eigenvalue weighted by Gasteiger charge is -2.16. The second-order valence-electron chi connectivity index (χ2n) is 8.93. The van der Waals surface area contributed by atoms with Crippen molar-refractivity contribution in [3.05, 3.63) is 77.9 Å². The van der Waals surface area contributed by atoms with Gasteiger partial charge in [0.1, 0.15) is 6.04 Å². The number of nitrogens with zero attached hydrogens (tertiary/aromatic N) is 4. The van der Waals surface area contributed by atoms with E-state index >= 15 is 0 Å². The van der Waals surface area contributed by atoms with E-state index in [-0.39, 0.29) is 12.8 Å². The molecule has 3 aromatic carbocycles. The fourth-order valence-electron chi connectivity index (χ4n) is 4.59. The normalized spacial score (nSPS) is 11.8. The Balaban J connectivity index is 1.37. The summed E-state index contributed by atoms with van der Waals surface area (Å²) in [4.78, 5) is 36.4. The summed E-state index contributed by atoms with van der Waals surface area (Å²) in [6.45, 7) is 0.581. The van der Waals surface area contributed by atoms with Crippen LogP contribution in [0.2, 0.25) is 0 Å². The first-order chi connectivity index (χ1) is 19.0. The van der Waals surface area contributed by atoms with Crippen molar-refractivity contribution < 1.29 is 23.9 Å². The summed E-state index contributed by atoms with van der Waals surface area (Å²) in [7, 11) is 2.50. The number of rotatable bonds is 9. The van der Waals surface area contributed by atoms with Crippen molar-refractivity contribution in [3.63, 3.8) is 0 Å². The number of carbonyl (C=O) groups is 3. The zero-order chi connectivity index (χ0) is 27.4. The van der Waals surface area contributed by atoms with E-state index in [1.807, 2.05) is 36.4 Å². The largest absolute Gasteiger partial charge is 0.469 e. The lowest BCUT2D eigenvalue weighted by Crippen LogP contribution is -2.41. The van der Waals surface area contributed by atoms with Crippen molar-refractivity contribution in [3.8, 4) is 11.4 Å². The molecule has 0 radical (unpaired) electrons. The smallest absolute Gasteiger partial charge is 0.328 e. The number of methoxy groups -OCH3 is 2. The van der Waals surface area contributed by atoms with Gasteiger partial charge in [-0.15, -0.1) is 10.2 Å². The summed E-state index contributed by atoms with van der Waals surface area (Å²) < 4.78 is 11.6. The number of ether oxygens (including phenoxy) is 2. The SMILES string of the molecule is COC(=O)CCC(NC(=O)c1ccc(Cn2c3ccccc3c3cc(-c4nn[nH]n4)ccc32)cc1)C(=O)OC. The highest BCUT2D eigenvalue weighted by Crippen LogP contribution is 2.32. The van der Waals surface area contributed by atoms with Gasteiger partial charge in [-0.3, -0.25) is 9.59 Å². The molecule has 0 aliphatic carbocycles. The number of benzene rings is 3. The summed E-state index contributed by atoms with van der Waals surface area (Å²) >= 11 is 0.